The van der Waals surface area contributed by atoms with Gasteiger partial charge in [-0.2, -0.15) is 0 Å². The lowest BCUT2D eigenvalue weighted by atomic mass is 10.1. The second-order valence-corrected chi connectivity index (χ2v) is 12.8. The predicted molar refractivity (Wildman–Crippen MR) is 191 cm³/mol. The molecular weight excluding hydrogens is 564 g/mol. The number of carbonyl (C=O) groups is 2. The van der Waals surface area contributed by atoms with Gasteiger partial charge >= 0.3 is 11.9 Å². The fourth-order valence-corrected chi connectivity index (χ4v) is 5.27. The van der Waals surface area contributed by atoms with Crippen LogP contribution in [0.4, 0.5) is 0 Å². The van der Waals surface area contributed by atoms with E-state index in [1.807, 2.05) is 0 Å². The van der Waals surface area contributed by atoms with Crippen molar-refractivity contribution in [3.8, 4) is 0 Å². The number of aliphatic hydroxyl groups excluding tert-OH is 2. The highest BCUT2D eigenvalue weighted by atomic mass is 16.4. The van der Waals surface area contributed by atoms with Crippen LogP contribution < -0.4 is 0 Å². The number of hydrogen-bond acceptors (Lipinski definition) is 4. The van der Waals surface area contributed by atoms with Crippen LogP contribution in [0.3, 0.4) is 0 Å². The topological polar surface area (TPSA) is 115 Å². The molecule has 0 aliphatic carbocycles. The van der Waals surface area contributed by atoms with Gasteiger partial charge in [0, 0.05) is 12.8 Å². The molecule has 0 amide bonds. The second-order valence-electron chi connectivity index (χ2n) is 12.8. The van der Waals surface area contributed by atoms with Crippen molar-refractivity contribution in [3.63, 3.8) is 0 Å². The number of rotatable bonds is 34. The third-order valence-electron chi connectivity index (χ3n) is 8.20. The maximum Gasteiger partial charge on any atom is 0.303 e. The fourth-order valence-electron chi connectivity index (χ4n) is 5.27. The zero-order valence-electron chi connectivity index (χ0n) is 29.4. The first kappa shape index (κ1) is 45.5. The second kappa shape index (κ2) is 40.4. The number of aliphatic carboxylic acids is 2. The monoisotopic (exact) mass is 639 g/mol. The van der Waals surface area contributed by atoms with Crippen LogP contribution in [0.15, 0.2) is 24.3 Å². The molecule has 1 atom stereocenters. The molecule has 0 aliphatic rings. The van der Waals surface area contributed by atoms with Crippen LogP contribution in [-0.2, 0) is 9.59 Å². The maximum atomic E-state index is 10.4. The fraction of sp³-hybridized carbons (Fsp3) is 0.846. The standard InChI is InChI=1S/C21H40O4.C18H34O2/c22-19-20(23)17-15-13-11-9-7-5-3-1-2-4-6-8-10-12-14-16-18-21(24)25;1-2-3-4-5-6-7-8-9-10-11-12-13-14-15-16-17-18(19)20/h2,4,20,22-23H,1,3,5-19H2,(H,24,25);9-10H,2-8,11-17H2,1H3,(H,19,20)/b4-2-;10-9-. The van der Waals surface area contributed by atoms with E-state index in [0.29, 0.717) is 12.8 Å². The molecule has 0 saturated carbocycles. The molecule has 0 radical (unpaired) electrons. The molecule has 0 fully saturated rings. The third-order valence-corrected chi connectivity index (χ3v) is 8.20. The lowest BCUT2D eigenvalue weighted by Crippen LogP contribution is -2.10. The predicted octanol–water partition coefficient (Wildman–Crippen LogP) is 11.3. The van der Waals surface area contributed by atoms with Crippen LogP contribution >= 0.6 is 0 Å². The Morgan fingerprint density at radius 2 is 0.756 bits per heavy atom. The highest BCUT2D eigenvalue weighted by Gasteiger charge is 2.01. The first-order valence-electron chi connectivity index (χ1n) is 19.0. The van der Waals surface area contributed by atoms with Gasteiger partial charge in [-0.15, -0.1) is 0 Å². The number of carboxylic acids is 2. The van der Waals surface area contributed by atoms with E-state index in [4.69, 9.17) is 15.3 Å². The van der Waals surface area contributed by atoms with Crippen molar-refractivity contribution in [2.24, 2.45) is 0 Å². The van der Waals surface area contributed by atoms with Crippen LogP contribution in [0.2, 0.25) is 0 Å². The minimum absolute atomic E-state index is 0.111. The van der Waals surface area contributed by atoms with Gasteiger partial charge in [-0.1, -0.05) is 140 Å². The molecule has 0 heterocycles. The molecule has 4 N–H and O–H groups in total. The van der Waals surface area contributed by atoms with Gasteiger partial charge in [-0.05, 0) is 70.6 Å². The van der Waals surface area contributed by atoms with Crippen molar-refractivity contribution in [3.05, 3.63) is 24.3 Å². The van der Waals surface area contributed by atoms with Gasteiger partial charge < -0.3 is 20.4 Å². The number of allylic oxidation sites excluding steroid dienone is 4. The molecular formula is C39H74O6. The summed E-state index contributed by atoms with van der Waals surface area (Å²) in [6.07, 6.45) is 42.7. The van der Waals surface area contributed by atoms with E-state index in [1.165, 1.54) is 122 Å². The number of hydrogen-bond donors (Lipinski definition) is 4. The van der Waals surface area contributed by atoms with Crippen LogP contribution in [-0.4, -0.2) is 45.1 Å². The van der Waals surface area contributed by atoms with Gasteiger partial charge in [-0.25, -0.2) is 0 Å². The Balaban J connectivity index is 0. The molecule has 6 heteroatoms. The van der Waals surface area contributed by atoms with Crippen LogP contribution in [0, 0.1) is 0 Å². The number of carboxylic acid groups (broad SMARTS) is 2. The molecule has 0 aliphatic heterocycles. The molecule has 0 aromatic rings. The van der Waals surface area contributed by atoms with Crippen molar-refractivity contribution in [1.29, 1.82) is 0 Å². The first-order valence-corrected chi connectivity index (χ1v) is 19.0. The van der Waals surface area contributed by atoms with Crippen LogP contribution in [0.1, 0.15) is 200 Å². The van der Waals surface area contributed by atoms with Crippen LogP contribution in [0.5, 0.6) is 0 Å². The van der Waals surface area contributed by atoms with E-state index in [1.54, 1.807) is 0 Å². The van der Waals surface area contributed by atoms with Gasteiger partial charge in [-0.3, -0.25) is 9.59 Å². The average molecular weight is 639 g/mol. The van der Waals surface area contributed by atoms with Gasteiger partial charge in [0.1, 0.15) is 0 Å². The third kappa shape index (κ3) is 46.9. The van der Waals surface area contributed by atoms with Crippen molar-refractivity contribution in [1.82, 2.24) is 0 Å². The Morgan fingerprint density at radius 1 is 0.467 bits per heavy atom. The van der Waals surface area contributed by atoms with Gasteiger partial charge in [0.05, 0.1) is 12.7 Å². The molecule has 1 unspecified atom stereocenters. The summed E-state index contributed by atoms with van der Waals surface area (Å²) in [5.74, 6) is -1.34. The van der Waals surface area contributed by atoms with Crippen molar-refractivity contribution in [2.75, 3.05) is 6.61 Å². The van der Waals surface area contributed by atoms with Crippen molar-refractivity contribution < 1.29 is 30.0 Å². The highest BCUT2D eigenvalue weighted by Crippen LogP contribution is 2.13. The van der Waals surface area contributed by atoms with E-state index in [9.17, 15) is 14.7 Å². The van der Waals surface area contributed by atoms with Crippen LogP contribution in [0.25, 0.3) is 0 Å². The molecule has 45 heavy (non-hydrogen) atoms. The molecule has 0 bridgehead atoms. The SMILES string of the molecule is CCCCCCCC/C=C\CCCCCCCC(=O)O.O=C(O)CCCCCCC/C=C\CCCCCCCCCC(O)CO. The Labute approximate surface area is 278 Å². The minimum atomic E-state index is -0.680. The summed E-state index contributed by atoms with van der Waals surface area (Å²) in [6, 6.07) is 0. The molecule has 0 aromatic heterocycles. The van der Waals surface area contributed by atoms with Crippen molar-refractivity contribution >= 4 is 11.9 Å². The van der Waals surface area contributed by atoms with Gasteiger partial charge in [0.25, 0.3) is 0 Å². The van der Waals surface area contributed by atoms with E-state index in [-0.39, 0.29) is 6.61 Å². The lowest BCUT2D eigenvalue weighted by Gasteiger charge is -2.06. The molecule has 0 saturated heterocycles. The van der Waals surface area contributed by atoms with E-state index < -0.39 is 18.0 Å². The zero-order chi connectivity index (χ0) is 33.5. The van der Waals surface area contributed by atoms with Gasteiger partial charge in [0.15, 0.2) is 0 Å². The summed E-state index contributed by atoms with van der Waals surface area (Å²) in [5.41, 5.74) is 0. The summed E-state index contributed by atoms with van der Waals surface area (Å²) in [5, 5.41) is 35.0. The lowest BCUT2D eigenvalue weighted by molar-refractivity contribution is -0.138. The largest absolute Gasteiger partial charge is 0.481 e. The maximum absolute atomic E-state index is 10.4. The van der Waals surface area contributed by atoms with Crippen molar-refractivity contribution in [2.45, 2.75) is 206 Å². The normalized spacial score (nSPS) is 12.1. The molecule has 0 aromatic carbocycles. The average Bonchev–Trinajstić information content (AvgIpc) is 3.02. The smallest absolute Gasteiger partial charge is 0.303 e. The summed E-state index contributed by atoms with van der Waals surface area (Å²) < 4.78 is 0. The van der Waals surface area contributed by atoms with E-state index in [2.05, 4.69) is 31.2 Å². The summed E-state index contributed by atoms with van der Waals surface area (Å²) in [7, 11) is 0. The summed E-state index contributed by atoms with van der Waals surface area (Å²) in [6.45, 7) is 2.15. The zero-order valence-corrected chi connectivity index (χ0v) is 29.4. The van der Waals surface area contributed by atoms with E-state index in [0.717, 1.165) is 57.8 Å². The Morgan fingerprint density at radius 3 is 1.07 bits per heavy atom. The first-order chi connectivity index (χ1) is 21.9. The molecule has 266 valence electrons. The van der Waals surface area contributed by atoms with Gasteiger partial charge in [0.2, 0.25) is 0 Å². The van der Waals surface area contributed by atoms with E-state index >= 15 is 0 Å². The summed E-state index contributed by atoms with van der Waals surface area (Å²) in [4.78, 5) is 20.7. The quantitative estimate of drug-likeness (QED) is 0.0412. The summed E-state index contributed by atoms with van der Waals surface area (Å²) >= 11 is 0. The Bertz CT molecular complexity index is 660. The Hall–Kier alpha value is -1.66. The molecule has 0 rings (SSSR count). The number of aliphatic hydroxyl groups is 2. The molecule has 0 spiro atoms. The minimum Gasteiger partial charge on any atom is -0.481 e. The molecule has 6 nitrogen and oxygen atoms in total. The number of unbranched alkanes of at least 4 members (excludes halogenated alkanes) is 23. The Kier molecular flexibility index (Phi) is 40.8. The highest BCUT2D eigenvalue weighted by molar-refractivity contribution is 5.66.